The quantitative estimate of drug-likeness (QED) is 0.484. The van der Waals surface area contributed by atoms with Crippen LogP contribution in [0.2, 0.25) is 0 Å². The second-order valence-corrected chi connectivity index (χ2v) is 6.29. The summed E-state index contributed by atoms with van der Waals surface area (Å²) in [5.41, 5.74) is 0. The first-order chi connectivity index (χ1) is 9.82. The molecule has 0 aliphatic heterocycles. The van der Waals surface area contributed by atoms with Crippen LogP contribution >= 0.6 is 0 Å². The van der Waals surface area contributed by atoms with E-state index in [1.807, 2.05) is 0 Å². The van der Waals surface area contributed by atoms with Crippen molar-refractivity contribution in [1.82, 2.24) is 10.6 Å². The highest BCUT2D eigenvalue weighted by Gasteiger charge is 2.15. The molecule has 1 atom stereocenters. The molecule has 1 amide bonds. The first-order valence-electron chi connectivity index (χ1n) is 8.04. The summed E-state index contributed by atoms with van der Waals surface area (Å²) in [7, 11) is 0. The highest BCUT2D eigenvalue weighted by Crippen LogP contribution is 2.20. The Morgan fingerprint density at radius 2 is 1.67 bits per heavy atom. The minimum Gasteiger partial charge on any atom is -0.481 e. The fraction of sp³-hybridized carbons (Fsp3) is 0.875. The zero-order chi connectivity index (χ0) is 16.3. The van der Waals surface area contributed by atoms with Crippen molar-refractivity contribution in [3.63, 3.8) is 0 Å². The monoisotopic (exact) mass is 300 g/mol. The van der Waals surface area contributed by atoms with Crippen LogP contribution in [0.3, 0.4) is 0 Å². The average molecular weight is 300 g/mol. The summed E-state index contributed by atoms with van der Waals surface area (Å²) in [6.07, 6.45) is 3.12. The van der Waals surface area contributed by atoms with Crippen LogP contribution in [0.4, 0.5) is 0 Å². The molecule has 5 nitrogen and oxygen atoms in total. The van der Waals surface area contributed by atoms with E-state index in [9.17, 15) is 9.59 Å². The van der Waals surface area contributed by atoms with Crippen molar-refractivity contribution in [1.29, 1.82) is 0 Å². The summed E-state index contributed by atoms with van der Waals surface area (Å²) in [6.45, 7) is 9.88. The van der Waals surface area contributed by atoms with E-state index in [0.717, 1.165) is 19.4 Å². The molecule has 0 saturated carbocycles. The van der Waals surface area contributed by atoms with Gasteiger partial charge in [0.1, 0.15) is 0 Å². The van der Waals surface area contributed by atoms with Crippen LogP contribution in [0.25, 0.3) is 0 Å². The van der Waals surface area contributed by atoms with E-state index < -0.39 is 5.97 Å². The Kier molecular flexibility index (Phi) is 10.9. The van der Waals surface area contributed by atoms with Gasteiger partial charge >= 0.3 is 5.97 Å². The highest BCUT2D eigenvalue weighted by atomic mass is 16.4. The number of hydrogen-bond donors (Lipinski definition) is 3. The molecule has 0 saturated heterocycles. The molecule has 21 heavy (non-hydrogen) atoms. The maximum absolute atomic E-state index is 11.7. The molecule has 0 aromatic carbocycles. The predicted molar refractivity (Wildman–Crippen MR) is 85.2 cm³/mol. The molecule has 0 rings (SSSR count). The third-order valence-electron chi connectivity index (χ3n) is 3.64. The van der Waals surface area contributed by atoms with Crippen molar-refractivity contribution >= 4 is 11.9 Å². The lowest BCUT2D eigenvalue weighted by Crippen LogP contribution is -2.29. The predicted octanol–water partition coefficient (Wildman–Crippen LogP) is 2.41. The lowest BCUT2D eigenvalue weighted by molar-refractivity contribution is -0.137. The number of carboxylic acids is 1. The maximum atomic E-state index is 11.7. The molecule has 0 aliphatic rings. The molecule has 0 heterocycles. The normalized spacial score (nSPS) is 12.7. The SMILES string of the molecule is CC(C)NCCCC(=O)NCCC(CCC(=O)O)C(C)C. The minimum atomic E-state index is -0.748. The van der Waals surface area contributed by atoms with Crippen LogP contribution < -0.4 is 10.6 Å². The first kappa shape index (κ1) is 19.9. The summed E-state index contributed by atoms with van der Waals surface area (Å²) in [5.74, 6) is 0.129. The number of nitrogens with one attached hydrogen (secondary N) is 2. The third-order valence-corrected chi connectivity index (χ3v) is 3.64. The molecule has 0 fully saturated rings. The largest absolute Gasteiger partial charge is 0.481 e. The second kappa shape index (κ2) is 11.5. The van der Waals surface area contributed by atoms with Gasteiger partial charge in [-0.25, -0.2) is 0 Å². The van der Waals surface area contributed by atoms with Crippen LogP contribution in [0, 0.1) is 11.8 Å². The van der Waals surface area contributed by atoms with Gasteiger partial charge in [-0.2, -0.15) is 0 Å². The van der Waals surface area contributed by atoms with Gasteiger partial charge in [-0.3, -0.25) is 9.59 Å². The molecule has 5 heteroatoms. The summed E-state index contributed by atoms with van der Waals surface area (Å²) in [6, 6.07) is 0.453. The number of amides is 1. The fourth-order valence-electron chi connectivity index (χ4n) is 2.24. The Morgan fingerprint density at radius 1 is 1.00 bits per heavy atom. The molecule has 0 bridgehead atoms. The molecule has 0 aromatic heterocycles. The van der Waals surface area contributed by atoms with Crippen LogP contribution in [0.1, 0.15) is 59.8 Å². The van der Waals surface area contributed by atoms with Crippen LogP contribution in [0.15, 0.2) is 0 Å². The molecule has 0 spiro atoms. The van der Waals surface area contributed by atoms with E-state index in [4.69, 9.17) is 5.11 Å². The van der Waals surface area contributed by atoms with Crippen molar-refractivity contribution in [3.8, 4) is 0 Å². The van der Waals surface area contributed by atoms with Gasteiger partial charge in [-0.05, 0) is 37.6 Å². The van der Waals surface area contributed by atoms with Gasteiger partial charge in [0.15, 0.2) is 0 Å². The lowest BCUT2D eigenvalue weighted by Gasteiger charge is -2.20. The van der Waals surface area contributed by atoms with E-state index in [2.05, 4.69) is 38.3 Å². The van der Waals surface area contributed by atoms with Crippen molar-refractivity contribution in [2.45, 2.75) is 65.8 Å². The second-order valence-electron chi connectivity index (χ2n) is 6.29. The zero-order valence-corrected chi connectivity index (χ0v) is 13.9. The van der Waals surface area contributed by atoms with Gasteiger partial charge in [0.2, 0.25) is 5.91 Å². The lowest BCUT2D eigenvalue weighted by atomic mass is 9.88. The number of aliphatic carboxylic acids is 1. The van der Waals surface area contributed by atoms with E-state index >= 15 is 0 Å². The smallest absolute Gasteiger partial charge is 0.303 e. The number of rotatable bonds is 12. The van der Waals surface area contributed by atoms with Gasteiger partial charge in [0, 0.05) is 25.4 Å². The summed E-state index contributed by atoms with van der Waals surface area (Å²) in [4.78, 5) is 22.3. The van der Waals surface area contributed by atoms with Crippen molar-refractivity contribution in [2.75, 3.05) is 13.1 Å². The van der Waals surface area contributed by atoms with Gasteiger partial charge < -0.3 is 15.7 Å². The molecule has 1 unspecified atom stereocenters. The van der Waals surface area contributed by atoms with Crippen LogP contribution in [0.5, 0.6) is 0 Å². The van der Waals surface area contributed by atoms with Crippen molar-refractivity contribution in [3.05, 3.63) is 0 Å². The zero-order valence-electron chi connectivity index (χ0n) is 13.9. The average Bonchev–Trinajstić information content (AvgIpc) is 2.37. The minimum absolute atomic E-state index is 0.0845. The number of carbonyl (C=O) groups is 2. The fourth-order valence-corrected chi connectivity index (χ4v) is 2.24. The molecular weight excluding hydrogens is 268 g/mol. The highest BCUT2D eigenvalue weighted by molar-refractivity contribution is 5.75. The molecule has 3 N–H and O–H groups in total. The first-order valence-corrected chi connectivity index (χ1v) is 8.04. The van der Waals surface area contributed by atoms with E-state index in [1.165, 1.54) is 0 Å². The van der Waals surface area contributed by atoms with Gasteiger partial charge in [0.25, 0.3) is 0 Å². The summed E-state index contributed by atoms with van der Waals surface area (Å²) >= 11 is 0. The number of carbonyl (C=O) groups excluding carboxylic acids is 1. The van der Waals surface area contributed by atoms with Crippen LogP contribution in [-0.4, -0.2) is 36.1 Å². The van der Waals surface area contributed by atoms with E-state index in [1.54, 1.807) is 0 Å². The molecule has 0 aromatic rings. The Morgan fingerprint density at radius 3 is 2.19 bits per heavy atom. The topological polar surface area (TPSA) is 78.4 Å². The maximum Gasteiger partial charge on any atom is 0.303 e. The Hall–Kier alpha value is -1.10. The standard InChI is InChI=1S/C16H32N2O3/c1-12(2)14(7-8-16(20)21)9-11-18-15(19)6-5-10-17-13(3)4/h12-14,17H,5-11H2,1-4H3,(H,18,19)(H,20,21). The summed E-state index contributed by atoms with van der Waals surface area (Å²) < 4.78 is 0. The molecule has 124 valence electrons. The van der Waals surface area contributed by atoms with E-state index in [-0.39, 0.29) is 12.3 Å². The third kappa shape index (κ3) is 12.4. The summed E-state index contributed by atoms with van der Waals surface area (Å²) in [5, 5.41) is 15.0. The molecule has 0 radical (unpaired) electrons. The Labute approximate surface area is 128 Å². The van der Waals surface area contributed by atoms with Crippen molar-refractivity contribution < 1.29 is 14.7 Å². The van der Waals surface area contributed by atoms with Gasteiger partial charge in [0.05, 0.1) is 0 Å². The number of hydrogen-bond acceptors (Lipinski definition) is 3. The van der Waals surface area contributed by atoms with E-state index in [0.29, 0.717) is 37.3 Å². The van der Waals surface area contributed by atoms with Gasteiger partial charge in [-0.1, -0.05) is 27.7 Å². The van der Waals surface area contributed by atoms with Crippen LogP contribution in [-0.2, 0) is 9.59 Å². The Bertz CT molecular complexity index is 304. The molecular formula is C16H32N2O3. The van der Waals surface area contributed by atoms with Gasteiger partial charge in [-0.15, -0.1) is 0 Å². The molecule has 0 aliphatic carbocycles. The number of carboxylic acid groups (broad SMARTS) is 1. The Balaban J connectivity index is 3.77. The van der Waals surface area contributed by atoms with Crippen molar-refractivity contribution in [2.24, 2.45) is 11.8 Å².